The Morgan fingerprint density at radius 2 is 2.10 bits per heavy atom. The highest BCUT2D eigenvalue weighted by atomic mass is 35.5. The summed E-state index contributed by atoms with van der Waals surface area (Å²) in [5.74, 6) is 2.30. The Kier molecular flexibility index (Phi) is 4.10. The molecule has 2 aromatic carbocycles. The number of halogens is 1. The summed E-state index contributed by atoms with van der Waals surface area (Å²) in [4.78, 5) is 19.7. The van der Waals surface area contributed by atoms with Gasteiger partial charge in [0, 0.05) is 28.9 Å². The molecule has 144 valence electrons. The Labute approximate surface area is 171 Å². The van der Waals surface area contributed by atoms with Crippen LogP contribution in [-0.2, 0) is 0 Å². The molecule has 0 amide bonds. The van der Waals surface area contributed by atoms with Crippen LogP contribution in [0.5, 0.6) is 0 Å². The molecule has 0 radical (unpaired) electrons. The first kappa shape index (κ1) is 17.5. The van der Waals surface area contributed by atoms with E-state index in [0.29, 0.717) is 35.5 Å². The summed E-state index contributed by atoms with van der Waals surface area (Å²) in [7, 11) is 1.95. The molecule has 2 aliphatic rings. The number of carbonyl (C=O) groups excluding carboxylic acids is 1. The van der Waals surface area contributed by atoms with Gasteiger partial charge in [0.2, 0.25) is 0 Å². The highest BCUT2D eigenvalue weighted by Crippen LogP contribution is 2.33. The number of nitrogens with one attached hydrogen (secondary N) is 1. The van der Waals surface area contributed by atoms with Gasteiger partial charge in [0.1, 0.15) is 18.3 Å². The van der Waals surface area contributed by atoms with Gasteiger partial charge >= 0.3 is 0 Å². The molecule has 0 bridgehead atoms. The van der Waals surface area contributed by atoms with Crippen molar-refractivity contribution >= 4 is 41.1 Å². The van der Waals surface area contributed by atoms with Crippen LogP contribution < -0.4 is 15.2 Å². The van der Waals surface area contributed by atoms with Crippen LogP contribution in [0, 0.1) is 0 Å². The molecule has 0 saturated heterocycles. The van der Waals surface area contributed by atoms with E-state index in [9.17, 15) is 4.79 Å². The molecule has 1 N–H and O–H groups in total. The molecule has 0 fully saturated rings. The number of amidine groups is 1. The van der Waals surface area contributed by atoms with E-state index in [1.165, 1.54) is 0 Å². The lowest BCUT2D eigenvalue weighted by atomic mass is 10.1. The third kappa shape index (κ3) is 2.96. The highest BCUT2D eigenvalue weighted by molar-refractivity contribution is 6.32. The van der Waals surface area contributed by atoms with Gasteiger partial charge in [-0.1, -0.05) is 23.7 Å². The summed E-state index contributed by atoms with van der Waals surface area (Å²) in [5, 5.41) is 4.93. The van der Waals surface area contributed by atoms with E-state index in [0.717, 1.165) is 28.3 Å². The van der Waals surface area contributed by atoms with Crippen LogP contribution in [-0.4, -0.2) is 31.8 Å². The maximum Gasteiger partial charge on any atom is 0.250 e. The van der Waals surface area contributed by atoms with Crippen LogP contribution in [0.2, 0.25) is 5.02 Å². The van der Waals surface area contributed by atoms with Gasteiger partial charge in [-0.2, -0.15) is 4.99 Å². The zero-order chi connectivity index (χ0) is 20.0. The molecule has 0 unspecified atom stereocenters. The molecule has 5 rings (SSSR count). The smallest absolute Gasteiger partial charge is 0.250 e. The number of aliphatic imine (C=N–C) groups is 1. The lowest BCUT2D eigenvalue weighted by molar-refractivity contribution is 0.110. The maximum atomic E-state index is 10.9. The molecule has 8 heteroatoms. The summed E-state index contributed by atoms with van der Waals surface area (Å²) in [6.45, 7) is 0.552. The van der Waals surface area contributed by atoms with Gasteiger partial charge in [-0.3, -0.25) is 15.1 Å². The van der Waals surface area contributed by atoms with Crippen LogP contribution in [0.15, 0.2) is 69.1 Å². The number of hydrazone groups is 1. The van der Waals surface area contributed by atoms with E-state index in [1.807, 2.05) is 59.3 Å². The number of furan rings is 1. The molecule has 0 spiro atoms. The largest absolute Gasteiger partial charge is 0.453 e. The molecule has 2 aliphatic heterocycles. The predicted octanol–water partition coefficient (Wildman–Crippen LogP) is 3.95. The molecule has 3 heterocycles. The first-order valence-corrected chi connectivity index (χ1v) is 9.38. The summed E-state index contributed by atoms with van der Waals surface area (Å²) < 4.78 is 5.56. The topological polar surface area (TPSA) is 73.4 Å². The minimum absolute atomic E-state index is 0.299. The van der Waals surface area contributed by atoms with Gasteiger partial charge in [0.05, 0.1) is 5.69 Å². The fourth-order valence-corrected chi connectivity index (χ4v) is 3.64. The third-order valence-corrected chi connectivity index (χ3v) is 5.16. The van der Waals surface area contributed by atoms with Crippen molar-refractivity contribution in [3.63, 3.8) is 0 Å². The van der Waals surface area contributed by atoms with E-state index in [4.69, 9.17) is 21.0 Å². The van der Waals surface area contributed by atoms with Crippen molar-refractivity contribution in [1.29, 1.82) is 0 Å². The number of aldehydes is 1. The second kappa shape index (κ2) is 6.79. The summed E-state index contributed by atoms with van der Waals surface area (Å²) in [6.07, 6.45) is 0.695. The first-order chi connectivity index (χ1) is 14.1. The van der Waals surface area contributed by atoms with Crippen molar-refractivity contribution in [2.24, 2.45) is 10.1 Å². The number of anilines is 2. The van der Waals surface area contributed by atoms with E-state index >= 15 is 0 Å². The Hall–Kier alpha value is -3.58. The third-order valence-electron chi connectivity index (χ3n) is 4.93. The van der Waals surface area contributed by atoms with Crippen LogP contribution >= 0.6 is 11.6 Å². The SMILES string of the molecule is CN(C1=NC2=NNCN2c2cc(Cl)ccc21)c1cccc(-c2ccc(C=O)o2)c1. The van der Waals surface area contributed by atoms with Gasteiger partial charge < -0.3 is 9.32 Å². The molecular weight excluding hydrogens is 390 g/mol. The minimum atomic E-state index is 0.299. The van der Waals surface area contributed by atoms with Crippen molar-refractivity contribution in [3.8, 4) is 11.3 Å². The predicted molar refractivity (Wildman–Crippen MR) is 114 cm³/mol. The first-order valence-electron chi connectivity index (χ1n) is 9.00. The monoisotopic (exact) mass is 405 g/mol. The van der Waals surface area contributed by atoms with E-state index in [1.54, 1.807) is 12.1 Å². The lowest BCUT2D eigenvalue weighted by Crippen LogP contribution is -2.39. The number of rotatable bonds is 3. The summed E-state index contributed by atoms with van der Waals surface area (Å²) in [5.41, 5.74) is 6.68. The molecule has 29 heavy (non-hydrogen) atoms. The van der Waals surface area contributed by atoms with Crippen LogP contribution in [0.1, 0.15) is 16.1 Å². The second-order valence-electron chi connectivity index (χ2n) is 6.68. The van der Waals surface area contributed by atoms with Gasteiger partial charge in [-0.05, 0) is 42.5 Å². The molecule has 0 saturated carbocycles. The van der Waals surface area contributed by atoms with Crippen molar-refractivity contribution in [2.45, 2.75) is 0 Å². The fourth-order valence-electron chi connectivity index (χ4n) is 3.48. The number of carbonyl (C=O) groups is 1. The number of fused-ring (bicyclic) bond motifs is 3. The molecule has 7 nitrogen and oxygen atoms in total. The van der Waals surface area contributed by atoms with E-state index in [2.05, 4.69) is 10.5 Å². The van der Waals surface area contributed by atoms with Crippen molar-refractivity contribution in [3.05, 3.63) is 70.9 Å². The van der Waals surface area contributed by atoms with Gasteiger partial charge in [0.25, 0.3) is 5.96 Å². The summed E-state index contributed by atoms with van der Waals surface area (Å²) >= 11 is 6.24. The standard InChI is InChI=1S/C21H16ClN5O2/c1-26(15-4-2-3-13(9-15)19-8-6-16(11-28)29-19)20-17-7-5-14(22)10-18(17)27-12-23-25-21(27)24-20/h2-11,23H,12H2,1H3. The zero-order valence-electron chi connectivity index (χ0n) is 15.5. The molecule has 1 aromatic heterocycles. The number of guanidine groups is 1. The number of nitrogens with zero attached hydrogens (tertiary/aromatic N) is 4. The van der Waals surface area contributed by atoms with Crippen molar-refractivity contribution in [2.75, 3.05) is 23.5 Å². The summed E-state index contributed by atoms with van der Waals surface area (Å²) in [6, 6.07) is 17.1. The normalized spacial score (nSPS) is 14.5. The highest BCUT2D eigenvalue weighted by Gasteiger charge is 2.30. The van der Waals surface area contributed by atoms with E-state index < -0.39 is 0 Å². The molecule has 0 aliphatic carbocycles. The lowest BCUT2D eigenvalue weighted by Gasteiger charge is -2.30. The number of hydrogen-bond acceptors (Lipinski definition) is 7. The maximum absolute atomic E-state index is 10.9. The number of hydrogen-bond donors (Lipinski definition) is 1. The van der Waals surface area contributed by atoms with Crippen molar-refractivity contribution < 1.29 is 9.21 Å². The second-order valence-corrected chi connectivity index (χ2v) is 7.12. The molecule has 0 atom stereocenters. The van der Waals surface area contributed by atoms with Crippen LogP contribution in [0.3, 0.4) is 0 Å². The molecular formula is C21H16ClN5O2. The number of benzene rings is 2. The van der Waals surface area contributed by atoms with Crippen LogP contribution in [0.25, 0.3) is 11.3 Å². The zero-order valence-corrected chi connectivity index (χ0v) is 16.2. The average Bonchev–Trinajstić information content (AvgIpc) is 3.42. The van der Waals surface area contributed by atoms with Crippen LogP contribution in [0.4, 0.5) is 11.4 Å². The van der Waals surface area contributed by atoms with Gasteiger partial charge in [-0.25, -0.2) is 0 Å². The Balaban J connectivity index is 1.56. The average molecular weight is 406 g/mol. The minimum Gasteiger partial charge on any atom is -0.453 e. The Morgan fingerprint density at radius 1 is 1.21 bits per heavy atom. The van der Waals surface area contributed by atoms with Gasteiger partial charge in [0.15, 0.2) is 12.0 Å². The fraction of sp³-hybridized carbons (Fsp3) is 0.0952. The van der Waals surface area contributed by atoms with Crippen molar-refractivity contribution in [1.82, 2.24) is 5.43 Å². The quantitative estimate of drug-likeness (QED) is 0.668. The Bertz CT molecular complexity index is 1180. The van der Waals surface area contributed by atoms with Gasteiger partial charge in [-0.15, -0.1) is 5.10 Å². The molecule has 3 aromatic rings. The van der Waals surface area contributed by atoms with E-state index in [-0.39, 0.29) is 0 Å². The Morgan fingerprint density at radius 3 is 2.93 bits per heavy atom.